The molecule has 0 aliphatic carbocycles. The van der Waals surface area contributed by atoms with Crippen LogP contribution in [0.2, 0.25) is 0 Å². The van der Waals surface area contributed by atoms with Gasteiger partial charge in [-0.25, -0.2) is 0 Å². The van der Waals surface area contributed by atoms with Crippen LogP contribution in [0.5, 0.6) is 0 Å². The first-order valence-electron chi connectivity index (χ1n) is 4.81. The van der Waals surface area contributed by atoms with E-state index >= 15 is 0 Å². The summed E-state index contributed by atoms with van der Waals surface area (Å²) in [6, 6.07) is 4.25. The first kappa shape index (κ1) is 12.9. The SMILES string of the molecule is CN(C)CCN(CCC#N)CCC#N. The second-order valence-electron chi connectivity index (χ2n) is 3.46. The van der Waals surface area contributed by atoms with Crippen molar-refractivity contribution in [2.75, 3.05) is 40.3 Å². The first-order valence-corrected chi connectivity index (χ1v) is 4.81. The van der Waals surface area contributed by atoms with Crippen molar-refractivity contribution < 1.29 is 0 Å². The Morgan fingerprint density at radius 3 is 1.71 bits per heavy atom. The van der Waals surface area contributed by atoms with Gasteiger partial charge in [-0.15, -0.1) is 0 Å². The van der Waals surface area contributed by atoms with Crippen molar-refractivity contribution in [3.8, 4) is 12.1 Å². The Labute approximate surface area is 86.3 Å². The second kappa shape index (κ2) is 8.50. The molecule has 0 aliphatic heterocycles. The molecule has 0 unspecified atom stereocenters. The Kier molecular flexibility index (Phi) is 7.83. The maximum absolute atomic E-state index is 8.47. The number of hydrogen-bond acceptors (Lipinski definition) is 4. The lowest BCUT2D eigenvalue weighted by Crippen LogP contribution is -2.33. The summed E-state index contributed by atoms with van der Waals surface area (Å²) in [5, 5.41) is 16.9. The number of nitriles is 2. The first-order chi connectivity index (χ1) is 6.70. The van der Waals surface area contributed by atoms with Crippen molar-refractivity contribution in [2.24, 2.45) is 0 Å². The van der Waals surface area contributed by atoms with Gasteiger partial charge in [-0.05, 0) is 14.1 Å². The van der Waals surface area contributed by atoms with Crippen molar-refractivity contribution in [1.82, 2.24) is 9.80 Å². The number of nitrogens with zero attached hydrogens (tertiary/aromatic N) is 4. The molecule has 14 heavy (non-hydrogen) atoms. The van der Waals surface area contributed by atoms with Crippen LogP contribution in [0.3, 0.4) is 0 Å². The van der Waals surface area contributed by atoms with Gasteiger partial charge in [-0.1, -0.05) is 0 Å². The predicted molar refractivity (Wildman–Crippen MR) is 55.5 cm³/mol. The highest BCUT2D eigenvalue weighted by Crippen LogP contribution is 1.94. The van der Waals surface area contributed by atoms with Gasteiger partial charge in [0.05, 0.1) is 12.1 Å². The average molecular weight is 194 g/mol. The van der Waals surface area contributed by atoms with E-state index in [0.717, 1.165) is 26.2 Å². The summed E-state index contributed by atoms with van der Waals surface area (Å²) in [5.41, 5.74) is 0. The van der Waals surface area contributed by atoms with Gasteiger partial charge >= 0.3 is 0 Å². The lowest BCUT2D eigenvalue weighted by molar-refractivity contribution is 0.249. The number of likely N-dealkylation sites (N-methyl/N-ethyl adjacent to an activating group) is 1. The Morgan fingerprint density at radius 1 is 0.857 bits per heavy atom. The van der Waals surface area contributed by atoms with Crippen molar-refractivity contribution in [2.45, 2.75) is 12.8 Å². The monoisotopic (exact) mass is 194 g/mol. The molecule has 0 spiro atoms. The van der Waals surface area contributed by atoms with E-state index in [1.54, 1.807) is 0 Å². The molecule has 0 N–H and O–H groups in total. The highest BCUT2D eigenvalue weighted by molar-refractivity contribution is 4.76. The van der Waals surface area contributed by atoms with Gasteiger partial charge in [0.2, 0.25) is 0 Å². The van der Waals surface area contributed by atoms with Crippen LogP contribution in [0, 0.1) is 22.7 Å². The Hall–Kier alpha value is -1.10. The van der Waals surface area contributed by atoms with Crippen molar-refractivity contribution >= 4 is 0 Å². The van der Waals surface area contributed by atoms with Crippen LogP contribution < -0.4 is 0 Å². The van der Waals surface area contributed by atoms with E-state index < -0.39 is 0 Å². The van der Waals surface area contributed by atoms with Crippen LogP contribution >= 0.6 is 0 Å². The van der Waals surface area contributed by atoms with Crippen LogP contribution in [0.15, 0.2) is 0 Å². The highest BCUT2D eigenvalue weighted by Gasteiger charge is 2.04. The molecule has 78 valence electrons. The molecule has 0 aromatic carbocycles. The zero-order chi connectivity index (χ0) is 10.8. The van der Waals surface area contributed by atoms with Gasteiger partial charge in [-0.2, -0.15) is 10.5 Å². The lowest BCUT2D eigenvalue weighted by atomic mass is 10.3. The molecule has 0 radical (unpaired) electrons. The van der Waals surface area contributed by atoms with Gasteiger partial charge in [0.25, 0.3) is 0 Å². The molecule has 4 nitrogen and oxygen atoms in total. The fourth-order valence-electron chi connectivity index (χ4n) is 1.09. The largest absolute Gasteiger partial charge is 0.308 e. The molecular formula is C10H18N4. The summed E-state index contributed by atoms with van der Waals surface area (Å²) in [4.78, 5) is 4.26. The van der Waals surface area contributed by atoms with E-state index in [2.05, 4.69) is 21.9 Å². The second-order valence-corrected chi connectivity index (χ2v) is 3.46. The van der Waals surface area contributed by atoms with E-state index in [1.807, 2.05) is 14.1 Å². The Balaban J connectivity index is 3.74. The molecule has 0 saturated carbocycles. The summed E-state index contributed by atoms with van der Waals surface area (Å²) in [7, 11) is 4.04. The molecule has 4 heteroatoms. The molecule has 0 aromatic heterocycles. The molecule has 0 atom stereocenters. The third-order valence-electron chi connectivity index (χ3n) is 1.94. The summed E-state index contributed by atoms with van der Waals surface area (Å²) < 4.78 is 0. The number of hydrogen-bond donors (Lipinski definition) is 0. The normalized spacial score (nSPS) is 10.1. The molecule has 0 aromatic rings. The van der Waals surface area contributed by atoms with E-state index in [-0.39, 0.29) is 0 Å². The number of rotatable bonds is 7. The molecule has 0 saturated heterocycles. The van der Waals surface area contributed by atoms with E-state index in [4.69, 9.17) is 10.5 Å². The third kappa shape index (κ3) is 7.54. The Morgan fingerprint density at radius 2 is 1.36 bits per heavy atom. The quantitative estimate of drug-likeness (QED) is 0.598. The van der Waals surface area contributed by atoms with Gasteiger partial charge in [0, 0.05) is 39.0 Å². The van der Waals surface area contributed by atoms with Gasteiger partial charge in [0.15, 0.2) is 0 Å². The summed E-state index contributed by atoms with van der Waals surface area (Å²) in [6.07, 6.45) is 1.08. The predicted octanol–water partition coefficient (Wildman–Crippen LogP) is 0.677. The maximum atomic E-state index is 8.47. The lowest BCUT2D eigenvalue weighted by Gasteiger charge is -2.21. The minimum absolute atomic E-state index is 0.541. The van der Waals surface area contributed by atoms with Crippen LogP contribution in [0.4, 0.5) is 0 Å². The zero-order valence-corrected chi connectivity index (χ0v) is 9.03. The molecule has 0 rings (SSSR count). The summed E-state index contributed by atoms with van der Waals surface area (Å²) in [5.74, 6) is 0. The van der Waals surface area contributed by atoms with Crippen molar-refractivity contribution in [3.63, 3.8) is 0 Å². The smallest absolute Gasteiger partial charge is 0.0635 e. The van der Waals surface area contributed by atoms with E-state index in [9.17, 15) is 0 Å². The minimum atomic E-state index is 0.541. The maximum Gasteiger partial charge on any atom is 0.0635 e. The third-order valence-corrected chi connectivity index (χ3v) is 1.94. The average Bonchev–Trinajstić information content (AvgIpc) is 2.16. The summed E-state index contributed by atoms with van der Waals surface area (Å²) >= 11 is 0. The molecule has 0 fully saturated rings. The van der Waals surface area contributed by atoms with E-state index in [1.165, 1.54) is 0 Å². The fraction of sp³-hybridized carbons (Fsp3) is 0.800. The molecule has 0 amide bonds. The Bertz CT molecular complexity index is 193. The van der Waals surface area contributed by atoms with Crippen LogP contribution in [-0.4, -0.2) is 50.1 Å². The highest BCUT2D eigenvalue weighted by atomic mass is 15.2. The topological polar surface area (TPSA) is 54.1 Å². The van der Waals surface area contributed by atoms with E-state index in [0.29, 0.717) is 12.8 Å². The molecule has 0 bridgehead atoms. The standard InChI is InChI=1S/C10H18N4/c1-13(2)9-10-14(7-3-5-11)8-4-6-12/h3-4,7-10H2,1-2H3. The molecule has 0 heterocycles. The fourth-order valence-corrected chi connectivity index (χ4v) is 1.09. The molecular weight excluding hydrogens is 176 g/mol. The van der Waals surface area contributed by atoms with Gasteiger partial charge in [0.1, 0.15) is 0 Å². The van der Waals surface area contributed by atoms with Crippen LogP contribution in [-0.2, 0) is 0 Å². The van der Waals surface area contributed by atoms with Gasteiger partial charge in [-0.3, -0.25) is 0 Å². The van der Waals surface area contributed by atoms with Crippen LogP contribution in [0.25, 0.3) is 0 Å². The van der Waals surface area contributed by atoms with Crippen LogP contribution in [0.1, 0.15) is 12.8 Å². The van der Waals surface area contributed by atoms with Gasteiger partial charge < -0.3 is 9.80 Å². The van der Waals surface area contributed by atoms with Crippen molar-refractivity contribution in [1.29, 1.82) is 10.5 Å². The van der Waals surface area contributed by atoms with Crippen molar-refractivity contribution in [3.05, 3.63) is 0 Å². The summed E-state index contributed by atoms with van der Waals surface area (Å²) in [6.45, 7) is 3.44. The minimum Gasteiger partial charge on any atom is -0.308 e. The zero-order valence-electron chi connectivity index (χ0n) is 9.03. The molecule has 0 aliphatic rings.